The SMILES string of the molecule is C=CC(=O)O.C=CC(=O)OCC(CO)(CO)CO. The van der Waals surface area contributed by atoms with Crippen LogP contribution in [0.5, 0.6) is 0 Å². The number of carbonyl (C=O) groups is 2. The molecule has 4 N–H and O–H groups in total. The highest BCUT2D eigenvalue weighted by Crippen LogP contribution is 2.14. The Hall–Kier alpha value is -1.70. The lowest BCUT2D eigenvalue weighted by Gasteiger charge is -2.26. The van der Waals surface area contributed by atoms with Gasteiger partial charge in [-0.1, -0.05) is 13.2 Å². The summed E-state index contributed by atoms with van der Waals surface area (Å²) < 4.78 is 4.59. The zero-order valence-electron chi connectivity index (χ0n) is 9.91. The smallest absolute Gasteiger partial charge is 0.330 e. The van der Waals surface area contributed by atoms with Crippen molar-refractivity contribution in [2.75, 3.05) is 26.4 Å². The highest BCUT2D eigenvalue weighted by atomic mass is 16.5. The number of carboxylic acid groups (broad SMARTS) is 1. The van der Waals surface area contributed by atoms with Gasteiger partial charge in [-0.05, 0) is 0 Å². The molecule has 0 spiro atoms. The van der Waals surface area contributed by atoms with Crippen molar-refractivity contribution in [2.24, 2.45) is 5.41 Å². The zero-order chi connectivity index (χ0) is 14.6. The van der Waals surface area contributed by atoms with E-state index >= 15 is 0 Å². The number of ether oxygens (including phenoxy) is 1. The number of hydrogen-bond donors (Lipinski definition) is 4. The van der Waals surface area contributed by atoms with Crippen molar-refractivity contribution in [3.8, 4) is 0 Å². The molecule has 104 valence electrons. The predicted molar refractivity (Wildman–Crippen MR) is 62.7 cm³/mol. The summed E-state index contributed by atoms with van der Waals surface area (Å²) in [4.78, 5) is 19.9. The first kappa shape index (κ1) is 18.7. The first-order chi connectivity index (χ1) is 8.41. The van der Waals surface area contributed by atoms with Crippen LogP contribution in [0.3, 0.4) is 0 Å². The van der Waals surface area contributed by atoms with E-state index in [4.69, 9.17) is 20.4 Å². The van der Waals surface area contributed by atoms with Gasteiger partial charge in [0.2, 0.25) is 0 Å². The Labute approximate surface area is 105 Å². The van der Waals surface area contributed by atoms with E-state index in [1.807, 2.05) is 0 Å². The highest BCUT2D eigenvalue weighted by Gasteiger charge is 2.29. The molecule has 18 heavy (non-hydrogen) atoms. The van der Waals surface area contributed by atoms with Crippen molar-refractivity contribution in [2.45, 2.75) is 0 Å². The summed E-state index contributed by atoms with van der Waals surface area (Å²) in [5.41, 5.74) is -1.17. The monoisotopic (exact) mass is 262 g/mol. The lowest BCUT2D eigenvalue weighted by Crippen LogP contribution is -2.39. The van der Waals surface area contributed by atoms with Gasteiger partial charge in [0.25, 0.3) is 0 Å². The van der Waals surface area contributed by atoms with Crippen molar-refractivity contribution in [3.63, 3.8) is 0 Å². The van der Waals surface area contributed by atoms with Crippen molar-refractivity contribution < 1.29 is 34.8 Å². The molecule has 0 aromatic heterocycles. The number of aliphatic hydroxyl groups is 3. The van der Waals surface area contributed by atoms with Gasteiger partial charge in [-0.15, -0.1) is 0 Å². The lowest BCUT2D eigenvalue weighted by atomic mass is 9.93. The van der Waals surface area contributed by atoms with E-state index in [0.717, 1.165) is 12.2 Å². The second kappa shape index (κ2) is 10.5. The van der Waals surface area contributed by atoms with E-state index in [2.05, 4.69) is 17.9 Å². The number of carboxylic acids is 1. The van der Waals surface area contributed by atoms with Crippen LogP contribution in [0, 0.1) is 5.41 Å². The maximum Gasteiger partial charge on any atom is 0.330 e. The maximum atomic E-state index is 10.6. The van der Waals surface area contributed by atoms with Gasteiger partial charge < -0.3 is 25.2 Å². The van der Waals surface area contributed by atoms with Gasteiger partial charge in [0.05, 0.1) is 25.2 Å². The fourth-order valence-electron chi connectivity index (χ4n) is 0.570. The molecule has 0 rings (SSSR count). The van der Waals surface area contributed by atoms with Crippen LogP contribution in [-0.2, 0) is 14.3 Å². The Kier molecular flexibility index (Phi) is 10.8. The van der Waals surface area contributed by atoms with Crippen LogP contribution < -0.4 is 0 Å². The Balaban J connectivity index is 0. The first-order valence-corrected chi connectivity index (χ1v) is 4.88. The second-order valence-corrected chi connectivity index (χ2v) is 3.33. The van der Waals surface area contributed by atoms with Crippen LogP contribution in [-0.4, -0.2) is 58.8 Å². The van der Waals surface area contributed by atoms with Crippen LogP contribution in [0.25, 0.3) is 0 Å². The molecule has 0 unspecified atom stereocenters. The molecule has 0 atom stereocenters. The van der Waals surface area contributed by atoms with E-state index in [9.17, 15) is 9.59 Å². The lowest BCUT2D eigenvalue weighted by molar-refractivity contribution is -0.145. The summed E-state index contributed by atoms with van der Waals surface area (Å²) in [7, 11) is 0. The van der Waals surface area contributed by atoms with E-state index in [-0.39, 0.29) is 6.61 Å². The van der Waals surface area contributed by atoms with Gasteiger partial charge in [-0.3, -0.25) is 0 Å². The van der Waals surface area contributed by atoms with Gasteiger partial charge >= 0.3 is 11.9 Å². The van der Waals surface area contributed by atoms with Crippen molar-refractivity contribution in [1.82, 2.24) is 0 Å². The Bertz CT molecular complexity index is 273. The Morgan fingerprint density at radius 2 is 1.44 bits per heavy atom. The van der Waals surface area contributed by atoms with Crippen LogP contribution in [0.2, 0.25) is 0 Å². The molecule has 0 fully saturated rings. The summed E-state index contributed by atoms with van der Waals surface area (Å²) in [6.45, 7) is 4.54. The molecule has 0 aliphatic rings. The standard InChI is InChI=1S/C8H14O5.C3H4O2/c1-2-7(12)13-6-8(3-9,4-10)5-11;1-2-3(4)5/h2,9-11H,1,3-6H2;2H,1H2,(H,4,5). The van der Waals surface area contributed by atoms with Crippen molar-refractivity contribution in [3.05, 3.63) is 25.3 Å². The average Bonchev–Trinajstić information content (AvgIpc) is 2.41. The number of aliphatic hydroxyl groups excluding tert-OH is 3. The Morgan fingerprint density at radius 3 is 1.67 bits per heavy atom. The summed E-state index contributed by atoms with van der Waals surface area (Å²) in [6.07, 6.45) is 1.80. The third kappa shape index (κ3) is 8.45. The summed E-state index contributed by atoms with van der Waals surface area (Å²) in [6, 6.07) is 0. The highest BCUT2D eigenvalue weighted by molar-refractivity contribution is 5.81. The number of carbonyl (C=O) groups excluding carboxylic acids is 1. The third-order valence-electron chi connectivity index (χ3n) is 1.87. The Morgan fingerprint density at radius 1 is 1.06 bits per heavy atom. The largest absolute Gasteiger partial charge is 0.478 e. The van der Waals surface area contributed by atoms with Gasteiger partial charge in [-0.2, -0.15) is 0 Å². The van der Waals surface area contributed by atoms with Gasteiger partial charge in [0, 0.05) is 12.2 Å². The molecule has 0 aliphatic heterocycles. The molecule has 0 aliphatic carbocycles. The van der Waals surface area contributed by atoms with Crippen LogP contribution in [0.1, 0.15) is 0 Å². The van der Waals surface area contributed by atoms with E-state index in [0.29, 0.717) is 0 Å². The quantitative estimate of drug-likeness (QED) is 0.340. The van der Waals surface area contributed by atoms with Gasteiger partial charge in [0.1, 0.15) is 6.61 Å². The minimum Gasteiger partial charge on any atom is -0.478 e. The van der Waals surface area contributed by atoms with Crippen LogP contribution >= 0.6 is 0 Å². The molecule has 0 aromatic rings. The molecule has 0 saturated carbocycles. The molecule has 0 bridgehead atoms. The van der Waals surface area contributed by atoms with E-state index in [1.165, 1.54) is 0 Å². The molecule has 0 saturated heterocycles. The fraction of sp³-hybridized carbons (Fsp3) is 0.455. The third-order valence-corrected chi connectivity index (χ3v) is 1.87. The minimum absolute atomic E-state index is 0.235. The fourth-order valence-corrected chi connectivity index (χ4v) is 0.570. The number of esters is 1. The van der Waals surface area contributed by atoms with Crippen molar-refractivity contribution >= 4 is 11.9 Å². The number of hydrogen-bond acceptors (Lipinski definition) is 6. The number of aliphatic carboxylic acids is 1. The van der Waals surface area contributed by atoms with E-state index < -0.39 is 37.2 Å². The molecular formula is C11H18O7. The molecule has 0 radical (unpaired) electrons. The van der Waals surface area contributed by atoms with Gasteiger partial charge in [0.15, 0.2) is 0 Å². The normalized spacial score (nSPS) is 9.72. The summed E-state index contributed by atoms with van der Waals surface area (Å²) >= 11 is 0. The first-order valence-electron chi connectivity index (χ1n) is 4.88. The van der Waals surface area contributed by atoms with Crippen LogP contribution in [0.15, 0.2) is 25.3 Å². The molecule has 0 heterocycles. The topological polar surface area (TPSA) is 124 Å². The van der Waals surface area contributed by atoms with Crippen LogP contribution in [0.4, 0.5) is 0 Å². The predicted octanol–water partition coefficient (Wildman–Crippen LogP) is -1.06. The minimum atomic E-state index is -1.17. The molecular weight excluding hydrogens is 244 g/mol. The summed E-state index contributed by atoms with van der Waals surface area (Å²) in [5, 5.41) is 34.1. The number of rotatable bonds is 7. The molecule has 7 heteroatoms. The van der Waals surface area contributed by atoms with Gasteiger partial charge in [-0.25, -0.2) is 9.59 Å². The molecule has 0 amide bonds. The summed E-state index contributed by atoms with van der Waals surface area (Å²) in [5.74, 6) is -1.63. The second-order valence-electron chi connectivity index (χ2n) is 3.33. The molecule has 7 nitrogen and oxygen atoms in total. The van der Waals surface area contributed by atoms with E-state index in [1.54, 1.807) is 0 Å². The zero-order valence-corrected chi connectivity index (χ0v) is 9.91. The maximum absolute atomic E-state index is 10.6. The average molecular weight is 262 g/mol. The molecule has 0 aromatic carbocycles. The van der Waals surface area contributed by atoms with Crippen molar-refractivity contribution in [1.29, 1.82) is 0 Å².